The molecule has 1 aliphatic heterocycles. The van der Waals surface area contributed by atoms with Gasteiger partial charge >= 0.3 is 12.1 Å². The third-order valence-corrected chi connectivity index (χ3v) is 3.30. The molecule has 1 saturated heterocycles. The van der Waals surface area contributed by atoms with Crippen LogP contribution in [0.25, 0.3) is 0 Å². The van der Waals surface area contributed by atoms with Crippen molar-refractivity contribution in [3.8, 4) is 0 Å². The molecule has 4 nitrogen and oxygen atoms in total. The first kappa shape index (κ1) is 15.8. The molecule has 2 unspecified atom stereocenters. The summed E-state index contributed by atoms with van der Waals surface area (Å²) in [7, 11) is 0. The zero-order valence-electron chi connectivity index (χ0n) is 11.0. The Balaban J connectivity index is 2.65. The fourth-order valence-corrected chi connectivity index (χ4v) is 2.35. The monoisotopic (exact) mass is 281 g/mol. The van der Waals surface area contributed by atoms with Crippen molar-refractivity contribution in [2.45, 2.75) is 51.7 Å². The lowest BCUT2D eigenvalue weighted by atomic mass is 9.78. The number of carbonyl (C=O) groups excluding carboxylic acids is 2. The highest BCUT2D eigenvalue weighted by Gasteiger charge is 2.47. The average molecular weight is 281 g/mol. The van der Waals surface area contributed by atoms with Crippen molar-refractivity contribution in [3.63, 3.8) is 0 Å². The van der Waals surface area contributed by atoms with E-state index in [-0.39, 0.29) is 31.8 Å². The fraction of sp³-hybridized carbons (Fsp3) is 0.833. The zero-order chi connectivity index (χ0) is 14.7. The van der Waals surface area contributed by atoms with E-state index in [1.54, 1.807) is 13.8 Å². The second-order valence-electron chi connectivity index (χ2n) is 5.05. The van der Waals surface area contributed by atoms with Crippen LogP contribution in [0.5, 0.6) is 0 Å². The predicted octanol–water partition coefficient (Wildman–Crippen LogP) is 2.18. The lowest BCUT2D eigenvalue weighted by Gasteiger charge is -2.28. The minimum atomic E-state index is -4.22. The van der Waals surface area contributed by atoms with Gasteiger partial charge in [0, 0.05) is 18.3 Å². The van der Waals surface area contributed by atoms with Gasteiger partial charge < -0.3 is 10.1 Å². The number of alkyl halides is 3. The van der Waals surface area contributed by atoms with Crippen LogP contribution in [0, 0.1) is 5.41 Å². The van der Waals surface area contributed by atoms with Gasteiger partial charge in [-0.15, -0.1) is 0 Å². The third-order valence-electron chi connectivity index (χ3n) is 3.30. The van der Waals surface area contributed by atoms with E-state index in [1.165, 1.54) is 0 Å². The summed E-state index contributed by atoms with van der Waals surface area (Å²) in [6, 6.07) is -0.854. The number of hydrogen-bond donors (Lipinski definition) is 1. The van der Waals surface area contributed by atoms with E-state index in [9.17, 15) is 22.8 Å². The van der Waals surface area contributed by atoms with Crippen molar-refractivity contribution < 1.29 is 27.5 Å². The average Bonchev–Trinajstić information content (AvgIpc) is 2.52. The van der Waals surface area contributed by atoms with Gasteiger partial charge in [-0.3, -0.25) is 4.79 Å². The van der Waals surface area contributed by atoms with Gasteiger partial charge in [0.1, 0.15) is 6.04 Å². The molecule has 0 radical (unpaired) electrons. The normalized spacial score (nSPS) is 27.2. The molecule has 110 valence electrons. The molecule has 7 heteroatoms. The van der Waals surface area contributed by atoms with Crippen molar-refractivity contribution in [1.82, 2.24) is 5.32 Å². The third kappa shape index (κ3) is 4.40. The Morgan fingerprint density at radius 2 is 2.16 bits per heavy atom. The second-order valence-corrected chi connectivity index (χ2v) is 5.05. The maximum absolute atomic E-state index is 12.1. The Morgan fingerprint density at radius 3 is 2.68 bits per heavy atom. The Hall–Kier alpha value is -1.27. The topological polar surface area (TPSA) is 55.4 Å². The van der Waals surface area contributed by atoms with Crippen molar-refractivity contribution in [1.29, 1.82) is 0 Å². The first-order chi connectivity index (χ1) is 8.68. The van der Waals surface area contributed by atoms with Gasteiger partial charge in [-0.2, -0.15) is 13.2 Å². The molecule has 0 aromatic rings. The van der Waals surface area contributed by atoms with Crippen LogP contribution in [0.2, 0.25) is 0 Å². The lowest BCUT2D eigenvalue weighted by molar-refractivity contribution is -0.148. The van der Waals surface area contributed by atoms with E-state index in [0.29, 0.717) is 0 Å². The molecule has 0 saturated carbocycles. The number of hydrogen-bond acceptors (Lipinski definition) is 3. The molecule has 19 heavy (non-hydrogen) atoms. The van der Waals surface area contributed by atoms with Crippen LogP contribution in [-0.2, 0) is 14.3 Å². The second kappa shape index (κ2) is 5.79. The summed E-state index contributed by atoms with van der Waals surface area (Å²) < 4.78 is 41.2. The molecule has 1 amide bonds. The first-order valence-electron chi connectivity index (χ1n) is 6.21. The highest BCUT2D eigenvalue weighted by Crippen LogP contribution is 2.38. The maximum atomic E-state index is 12.1. The summed E-state index contributed by atoms with van der Waals surface area (Å²) in [6.45, 7) is 3.45. The highest BCUT2D eigenvalue weighted by atomic mass is 19.4. The van der Waals surface area contributed by atoms with Crippen LogP contribution in [0.4, 0.5) is 13.2 Å². The quantitative estimate of drug-likeness (QED) is 0.786. The van der Waals surface area contributed by atoms with Gasteiger partial charge in [0.25, 0.3) is 0 Å². The summed E-state index contributed by atoms with van der Waals surface area (Å²) in [6.07, 6.45) is -5.04. The Bertz CT molecular complexity index is 357. The minimum Gasteiger partial charge on any atom is -0.464 e. The van der Waals surface area contributed by atoms with E-state index >= 15 is 0 Å². The highest BCUT2D eigenvalue weighted by molar-refractivity contribution is 5.89. The molecular weight excluding hydrogens is 263 g/mol. The largest absolute Gasteiger partial charge is 0.464 e. The molecule has 0 spiro atoms. The Morgan fingerprint density at radius 1 is 1.53 bits per heavy atom. The number of nitrogens with one attached hydrogen (secondary N) is 1. The van der Waals surface area contributed by atoms with Gasteiger partial charge in [0.15, 0.2) is 0 Å². The maximum Gasteiger partial charge on any atom is 0.389 e. The minimum absolute atomic E-state index is 0.0499. The Kier molecular flexibility index (Phi) is 4.81. The van der Waals surface area contributed by atoms with E-state index < -0.39 is 30.0 Å². The van der Waals surface area contributed by atoms with E-state index in [2.05, 4.69) is 5.32 Å². The fourth-order valence-electron chi connectivity index (χ4n) is 2.35. The van der Waals surface area contributed by atoms with Crippen molar-refractivity contribution >= 4 is 11.9 Å². The molecule has 2 atom stereocenters. The summed E-state index contributed by atoms with van der Waals surface area (Å²) in [5, 5.41) is 2.48. The number of ether oxygens (including phenoxy) is 1. The molecule has 0 aromatic heterocycles. The Labute approximate surface area is 109 Å². The molecule has 0 aromatic carbocycles. The van der Waals surface area contributed by atoms with Crippen LogP contribution < -0.4 is 5.32 Å². The molecule has 1 fully saturated rings. The van der Waals surface area contributed by atoms with Crippen molar-refractivity contribution in [2.24, 2.45) is 5.41 Å². The van der Waals surface area contributed by atoms with Gasteiger partial charge in [-0.1, -0.05) is 6.92 Å². The van der Waals surface area contributed by atoms with Gasteiger partial charge in [0.2, 0.25) is 5.91 Å². The van der Waals surface area contributed by atoms with E-state index in [4.69, 9.17) is 4.74 Å². The summed E-state index contributed by atoms with van der Waals surface area (Å²) >= 11 is 0. The van der Waals surface area contributed by atoms with E-state index in [0.717, 1.165) is 0 Å². The smallest absolute Gasteiger partial charge is 0.389 e. The van der Waals surface area contributed by atoms with Gasteiger partial charge in [-0.25, -0.2) is 4.79 Å². The van der Waals surface area contributed by atoms with Crippen molar-refractivity contribution in [3.05, 3.63) is 0 Å². The summed E-state index contributed by atoms with van der Waals surface area (Å²) in [4.78, 5) is 23.1. The van der Waals surface area contributed by atoms with Gasteiger partial charge in [0.05, 0.1) is 6.61 Å². The predicted molar refractivity (Wildman–Crippen MR) is 61.2 cm³/mol. The molecule has 1 N–H and O–H groups in total. The van der Waals surface area contributed by atoms with Crippen molar-refractivity contribution in [2.75, 3.05) is 6.61 Å². The zero-order valence-corrected chi connectivity index (χ0v) is 11.0. The van der Waals surface area contributed by atoms with Crippen LogP contribution in [0.1, 0.15) is 39.5 Å². The molecule has 1 aliphatic rings. The number of carbonyl (C=O) groups is 2. The number of amides is 1. The van der Waals surface area contributed by atoms with Crippen LogP contribution in [-0.4, -0.2) is 30.7 Å². The van der Waals surface area contributed by atoms with Crippen LogP contribution >= 0.6 is 0 Å². The number of esters is 1. The van der Waals surface area contributed by atoms with E-state index in [1.807, 2.05) is 0 Å². The molecule has 0 aliphatic carbocycles. The number of rotatable bonds is 5. The standard InChI is InChI=1S/C12H18F3NO3/c1-3-19-10(18)9-11(2,7-8(17)16-9)5-4-6-12(13,14)15/h9H,3-7H2,1-2H3,(H,16,17). The molecule has 1 rings (SSSR count). The SMILES string of the molecule is CCOC(=O)C1NC(=O)CC1(C)CCCC(F)(F)F. The van der Waals surface area contributed by atoms with Crippen LogP contribution in [0.3, 0.4) is 0 Å². The molecule has 1 heterocycles. The molecule has 0 bridgehead atoms. The van der Waals surface area contributed by atoms with Crippen LogP contribution in [0.15, 0.2) is 0 Å². The summed E-state index contributed by atoms with van der Waals surface area (Å²) in [5.41, 5.74) is -0.811. The first-order valence-corrected chi connectivity index (χ1v) is 6.21. The van der Waals surface area contributed by atoms with Gasteiger partial charge in [-0.05, 0) is 19.8 Å². The summed E-state index contributed by atoms with van der Waals surface area (Å²) in [5.74, 6) is -0.907. The molecular formula is C12H18F3NO3. The lowest BCUT2D eigenvalue weighted by Crippen LogP contribution is -2.43. The number of halogens is 3.